The zero-order valence-electron chi connectivity index (χ0n) is 21.9. The molecule has 0 fully saturated rings. The molecule has 0 aliphatic heterocycles. The molecule has 1 aliphatic carbocycles. The molecule has 0 bridgehead atoms. The van der Waals surface area contributed by atoms with Crippen LogP contribution >= 0.6 is 0 Å². The van der Waals surface area contributed by atoms with E-state index in [-0.39, 0.29) is 0 Å². The van der Waals surface area contributed by atoms with Gasteiger partial charge in [-0.1, -0.05) is 99.7 Å². The fourth-order valence-electron chi connectivity index (χ4n) is 5.71. The standard InChI is InChI=1S/C33H40N2/c1-4-6-9-15-28-30(16-10-7-5-2)35-32-29(31(28)27-13-11-8-12-14-27)21-22-33(32,24-34)23-26-19-17-25(3)18-20-26/h8,11-14,17-20H,4-7,9-10,15-16,21-23H2,1-3H3. The highest BCUT2D eigenvalue weighted by Gasteiger charge is 2.43. The molecule has 1 atom stereocenters. The lowest BCUT2D eigenvalue weighted by atomic mass is 9.79. The van der Waals surface area contributed by atoms with Crippen molar-refractivity contribution < 1.29 is 0 Å². The Balaban J connectivity index is 1.87. The number of aromatic nitrogens is 1. The van der Waals surface area contributed by atoms with E-state index < -0.39 is 5.41 Å². The van der Waals surface area contributed by atoms with Gasteiger partial charge in [0, 0.05) is 5.69 Å². The predicted octanol–water partition coefficient (Wildman–Crippen LogP) is 8.47. The number of hydrogen-bond donors (Lipinski definition) is 0. The van der Waals surface area contributed by atoms with Crippen LogP contribution in [0.1, 0.15) is 92.4 Å². The lowest BCUT2D eigenvalue weighted by Gasteiger charge is -2.25. The third-order valence-corrected chi connectivity index (χ3v) is 7.69. The molecule has 2 nitrogen and oxygen atoms in total. The molecular weight excluding hydrogens is 424 g/mol. The molecular formula is C33H40N2. The van der Waals surface area contributed by atoms with Crippen LogP contribution in [-0.2, 0) is 31.1 Å². The molecule has 4 rings (SSSR count). The predicted molar refractivity (Wildman–Crippen MR) is 147 cm³/mol. The Bertz CT molecular complexity index is 1150. The molecule has 182 valence electrons. The number of nitrogens with zero attached hydrogens (tertiary/aromatic N) is 2. The summed E-state index contributed by atoms with van der Waals surface area (Å²) in [6.07, 6.45) is 11.9. The average molecular weight is 465 g/mol. The van der Waals surface area contributed by atoms with E-state index in [2.05, 4.69) is 81.4 Å². The van der Waals surface area contributed by atoms with Gasteiger partial charge in [-0.25, -0.2) is 0 Å². The van der Waals surface area contributed by atoms with Crippen LogP contribution in [0.25, 0.3) is 11.1 Å². The van der Waals surface area contributed by atoms with Crippen molar-refractivity contribution in [3.63, 3.8) is 0 Å². The number of aryl methyl sites for hydroxylation is 2. The number of hydrogen-bond acceptors (Lipinski definition) is 2. The summed E-state index contributed by atoms with van der Waals surface area (Å²) in [5.41, 5.74) is 9.70. The summed E-state index contributed by atoms with van der Waals surface area (Å²) >= 11 is 0. The summed E-state index contributed by atoms with van der Waals surface area (Å²) in [5, 5.41) is 10.6. The molecule has 0 saturated heterocycles. The van der Waals surface area contributed by atoms with E-state index in [9.17, 15) is 5.26 Å². The van der Waals surface area contributed by atoms with Crippen molar-refractivity contribution in [2.45, 2.75) is 96.8 Å². The lowest BCUT2D eigenvalue weighted by molar-refractivity contribution is 0.526. The number of rotatable bonds is 11. The number of pyridine rings is 1. The second-order valence-electron chi connectivity index (χ2n) is 10.4. The van der Waals surface area contributed by atoms with Crippen LogP contribution in [0.5, 0.6) is 0 Å². The molecule has 1 heterocycles. The summed E-state index contributed by atoms with van der Waals surface area (Å²) < 4.78 is 0. The molecule has 0 N–H and O–H groups in total. The van der Waals surface area contributed by atoms with Gasteiger partial charge < -0.3 is 0 Å². The number of nitriles is 1. The first-order chi connectivity index (χ1) is 17.1. The minimum atomic E-state index is -0.546. The summed E-state index contributed by atoms with van der Waals surface area (Å²) in [5.74, 6) is 0. The number of fused-ring (bicyclic) bond motifs is 1. The quantitative estimate of drug-likeness (QED) is 0.267. The Morgan fingerprint density at radius 3 is 2.23 bits per heavy atom. The summed E-state index contributed by atoms with van der Waals surface area (Å²) in [6.45, 7) is 6.65. The van der Waals surface area contributed by atoms with Crippen molar-refractivity contribution in [3.8, 4) is 17.2 Å². The molecule has 1 aromatic heterocycles. The Morgan fingerprint density at radius 1 is 0.886 bits per heavy atom. The number of unbranched alkanes of at least 4 members (excludes halogenated alkanes) is 4. The molecule has 1 aliphatic rings. The van der Waals surface area contributed by atoms with Gasteiger partial charge in [-0.3, -0.25) is 4.98 Å². The van der Waals surface area contributed by atoms with E-state index >= 15 is 0 Å². The Labute approximate surface area is 212 Å². The van der Waals surface area contributed by atoms with Crippen molar-refractivity contribution in [2.24, 2.45) is 0 Å². The maximum absolute atomic E-state index is 10.6. The molecule has 0 radical (unpaired) electrons. The molecule has 1 unspecified atom stereocenters. The smallest absolute Gasteiger partial charge is 0.104 e. The van der Waals surface area contributed by atoms with Gasteiger partial charge in [-0.2, -0.15) is 5.26 Å². The van der Waals surface area contributed by atoms with Crippen LogP contribution in [0.2, 0.25) is 0 Å². The fourth-order valence-corrected chi connectivity index (χ4v) is 5.71. The van der Waals surface area contributed by atoms with Crippen molar-refractivity contribution in [1.82, 2.24) is 4.98 Å². The highest BCUT2D eigenvalue weighted by atomic mass is 14.8. The SMILES string of the molecule is CCCCCc1nc2c(c(-c3ccccc3)c1CCCCC)CCC2(C#N)Cc1ccc(C)cc1. The Hall–Kier alpha value is -2.92. The minimum absolute atomic E-state index is 0.546. The Kier molecular flexibility index (Phi) is 8.40. The van der Waals surface area contributed by atoms with Gasteiger partial charge in [-0.05, 0) is 79.7 Å². The third kappa shape index (κ3) is 5.51. The van der Waals surface area contributed by atoms with Crippen LogP contribution < -0.4 is 0 Å². The highest BCUT2D eigenvalue weighted by molar-refractivity contribution is 5.74. The van der Waals surface area contributed by atoms with Gasteiger partial charge in [0.05, 0.1) is 11.8 Å². The summed E-state index contributed by atoms with van der Waals surface area (Å²) in [7, 11) is 0. The monoisotopic (exact) mass is 464 g/mol. The van der Waals surface area contributed by atoms with Crippen molar-refractivity contribution in [3.05, 3.63) is 88.2 Å². The maximum Gasteiger partial charge on any atom is 0.104 e. The van der Waals surface area contributed by atoms with Crippen LogP contribution in [0.15, 0.2) is 54.6 Å². The average Bonchev–Trinajstić information content (AvgIpc) is 3.24. The normalized spacial score (nSPS) is 16.7. The van der Waals surface area contributed by atoms with Gasteiger partial charge in [-0.15, -0.1) is 0 Å². The fraction of sp³-hybridized carbons (Fsp3) is 0.455. The van der Waals surface area contributed by atoms with E-state index in [0.29, 0.717) is 0 Å². The topological polar surface area (TPSA) is 36.7 Å². The van der Waals surface area contributed by atoms with E-state index in [1.54, 1.807) is 0 Å². The molecule has 2 aromatic carbocycles. The first-order valence-corrected chi connectivity index (χ1v) is 13.7. The molecule has 3 aromatic rings. The maximum atomic E-state index is 10.6. The zero-order valence-corrected chi connectivity index (χ0v) is 21.9. The molecule has 0 saturated carbocycles. The summed E-state index contributed by atoms with van der Waals surface area (Å²) in [4.78, 5) is 5.41. The first-order valence-electron chi connectivity index (χ1n) is 13.7. The second kappa shape index (κ2) is 11.7. The van der Waals surface area contributed by atoms with E-state index in [4.69, 9.17) is 4.98 Å². The minimum Gasteiger partial charge on any atom is -0.256 e. The van der Waals surface area contributed by atoms with Crippen LogP contribution in [-0.4, -0.2) is 4.98 Å². The third-order valence-electron chi connectivity index (χ3n) is 7.69. The van der Waals surface area contributed by atoms with Crippen LogP contribution in [0, 0.1) is 18.3 Å². The molecule has 0 amide bonds. The van der Waals surface area contributed by atoms with Gasteiger partial charge in [0.25, 0.3) is 0 Å². The number of benzene rings is 2. The largest absolute Gasteiger partial charge is 0.256 e. The second-order valence-corrected chi connectivity index (χ2v) is 10.4. The van der Waals surface area contributed by atoms with Gasteiger partial charge in [0.1, 0.15) is 5.41 Å². The van der Waals surface area contributed by atoms with Crippen molar-refractivity contribution in [2.75, 3.05) is 0 Å². The van der Waals surface area contributed by atoms with Crippen molar-refractivity contribution in [1.29, 1.82) is 5.26 Å². The molecule has 0 spiro atoms. The van der Waals surface area contributed by atoms with Gasteiger partial charge in [0.15, 0.2) is 0 Å². The van der Waals surface area contributed by atoms with Gasteiger partial charge >= 0.3 is 0 Å². The highest BCUT2D eigenvalue weighted by Crippen LogP contribution is 2.46. The molecule has 2 heteroatoms. The molecule has 35 heavy (non-hydrogen) atoms. The van der Waals surface area contributed by atoms with E-state index in [1.165, 1.54) is 71.2 Å². The van der Waals surface area contributed by atoms with E-state index in [0.717, 1.165) is 44.2 Å². The van der Waals surface area contributed by atoms with E-state index in [1.807, 2.05) is 0 Å². The Morgan fingerprint density at radius 2 is 1.57 bits per heavy atom. The first kappa shape index (κ1) is 25.2. The van der Waals surface area contributed by atoms with Gasteiger partial charge in [0.2, 0.25) is 0 Å². The van der Waals surface area contributed by atoms with Crippen LogP contribution in [0.4, 0.5) is 0 Å². The van der Waals surface area contributed by atoms with Crippen LogP contribution in [0.3, 0.4) is 0 Å². The van der Waals surface area contributed by atoms with Crippen molar-refractivity contribution >= 4 is 0 Å². The lowest BCUT2D eigenvalue weighted by Crippen LogP contribution is -2.26. The zero-order chi connectivity index (χ0) is 24.7. The summed E-state index contributed by atoms with van der Waals surface area (Å²) in [6, 6.07) is 22.4.